The average molecular weight is 321 g/mol. The lowest BCUT2D eigenvalue weighted by Crippen LogP contribution is -2.39. The topological polar surface area (TPSA) is 110 Å². The van der Waals surface area contributed by atoms with Crippen LogP contribution in [0.1, 0.15) is 18.9 Å². The molecular formula is C12H14Cl2N2O4. The van der Waals surface area contributed by atoms with Crippen molar-refractivity contribution in [2.75, 3.05) is 0 Å². The highest BCUT2D eigenvalue weighted by Crippen LogP contribution is 2.28. The number of imidazole rings is 1. The predicted molar refractivity (Wildman–Crippen MR) is 74.8 cm³/mol. The van der Waals surface area contributed by atoms with E-state index in [4.69, 9.17) is 23.2 Å². The summed E-state index contributed by atoms with van der Waals surface area (Å²) in [5.74, 6) is 0.0468. The molecule has 1 heterocycles. The molecular weight excluding hydrogens is 307 g/mol. The lowest BCUT2D eigenvalue weighted by molar-refractivity contribution is -0.103. The second-order valence-corrected chi connectivity index (χ2v) is 5.39. The van der Waals surface area contributed by atoms with Crippen LogP contribution in [0.5, 0.6) is 0 Å². The number of fused-ring (bicyclic) bond motifs is 1. The smallest absolute Gasteiger partial charge is 0.140 e. The quantitative estimate of drug-likeness (QED) is 0.577. The molecule has 0 saturated carbocycles. The van der Waals surface area contributed by atoms with E-state index in [1.165, 1.54) is 13.0 Å². The lowest BCUT2D eigenvalue weighted by Gasteiger charge is -2.23. The van der Waals surface area contributed by atoms with E-state index >= 15 is 0 Å². The number of nitrogens with one attached hydrogen (secondary N) is 1. The molecule has 4 atom stereocenters. The summed E-state index contributed by atoms with van der Waals surface area (Å²) in [5, 5.41) is 39.1. The Morgan fingerprint density at radius 3 is 2.25 bits per heavy atom. The summed E-state index contributed by atoms with van der Waals surface area (Å²) in [4.78, 5) is 6.86. The number of aromatic amines is 1. The van der Waals surface area contributed by atoms with Crippen LogP contribution in [0.25, 0.3) is 11.0 Å². The number of halogens is 2. The van der Waals surface area contributed by atoms with Crippen LogP contribution >= 0.6 is 23.2 Å². The zero-order valence-electron chi connectivity index (χ0n) is 10.5. The van der Waals surface area contributed by atoms with Gasteiger partial charge in [0.25, 0.3) is 0 Å². The molecule has 2 unspecified atom stereocenters. The third kappa shape index (κ3) is 2.90. The predicted octanol–water partition coefficient (Wildman–Crippen LogP) is 1.01. The van der Waals surface area contributed by atoms with Crippen LogP contribution in [0.3, 0.4) is 0 Å². The molecule has 2 rings (SSSR count). The molecule has 8 heteroatoms. The number of hydrogen-bond donors (Lipinski definition) is 5. The number of nitrogens with zero attached hydrogens (tertiary/aromatic N) is 1. The summed E-state index contributed by atoms with van der Waals surface area (Å²) in [5.41, 5.74) is 0.999. The molecule has 20 heavy (non-hydrogen) atoms. The van der Waals surface area contributed by atoms with Crippen LogP contribution in [0, 0.1) is 0 Å². The van der Waals surface area contributed by atoms with Crippen molar-refractivity contribution in [3.05, 3.63) is 28.0 Å². The summed E-state index contributed by atoms with van der Waals surface area (Å²) in [6.45, 7) is 1.30. The van der Waals surface area contributed by atoms with E-state index in [2.05, 4.69) is 9.97 Å². The molecule has 1 aromatic heterocycles. The van der Waals surface area contributed by atoms with Crippen molar-refractivity contribution >= 4 is 34.2 Å². The molecule has 0 aliphatic rings. The number of benzene rings is 1. The van der Waals surface area contributed by atoms with Gasteiger partial charge in [-0.05, 0) is 19.1 Å². The van der Waals surface area contributed by atoms with E-state index in [0.717, 1.165) is 0 Å². The highest BCUT2D eigenvalue weighted by Gasteiger charge is 2.31. The van der Waals surface area contributed by atoms with Crippen molar-refractivity contribution < 1.29 is 20.4 Å². The molecule has 0 radical (unpaired) electrons. The first-order chi connectivity index (χ1) is 9.31. The van der Waals surface area contributed by atoms with Gasteiger partial charge in [0.15, 0.2) is 0 Å². The van der Waals surface area contributed by atoms with Crippen molar-refractivity contribution in [3.63, 3.8) is 0 Å². The molecule has 6 nitrogen and oxygen atoms in total. The Hall–Kier alpha value is -0.890. The first-order valence-electron chi connectivity index (χ1n) is 5.88. The van der Waals surface area contributed by atoms with Crippen LogP contribution in [0.4, 0.5) is 0 Å². The largest absolute Gasteiger partial charge is 0.391 e. The number of aliphatic hydroxyl groups excluding tert-OH is 4. The third-order valence-corrected chi connectivity index (χ3v) is 3.71. The molecule has 0 amide bonds. The molecule has 0 aliphatic heterocycles. The van der Waals surface area contributed by atoms with Gasteiger partial charge in [-0.1, -0.05) is 23.2 Å². The summed E-state index contributed by atoms with van der Waals surface area (Å²) in [6.07, 6.45) is -5.75. The highest BCUT2D eigenvalue weighted by atomic mass is 35.5. The molecule has 0 saturated heterocycles. The SMILES string of the molecule is CC(O)[C@H](O)C(O)[C@@H](O)c1nc2cc(Cl)c(Cl)cc2[nH]1. The van der Waals surface area contributed by atoms with Crippen LogP contribution < -0.4 is 0 Å². The standard InChI is InChI=1S/C12H14Cl2N2O4/c1-4(17)9(18)10(19)11(20)12-15-7-2-5(13)6(14)3-8(7)16-12/h2-4,9-11,17-20H,1H3,(H,15,16)/t4?,9-,10?,11+/m0/s1. The fraction of sp³-hybridized carbons (Fsp3) is 0.417. The molecule has 110 valence electrons. The average Bonchev–Trinajstić information content (AvgIpc) is 2.79. The molecule has 0 bridgehead atoms. The fourth-order valence-corrected chi connectivity index (χ4v) is 2.12. The molecule has 5 N–H and O–H groups in total. The van der Waals surface area contributed by atoms with Gasteiger partial charge in [-0.15, -0.1) is 0 Å². The monoisotopic (exact) mass is 320 g/mol. The summed E-state index contributed by atoms with van der Waals surface area (Å²) < 4.78 is 0. The Balaban J connectivity index is 2.33. The van der Waals surface area contributed by atoms with E-state index in [9.17, 15) is 20.4 Å². The maximum Gasteiger partial charge on any atom is 0.140 e. The van der Waals surface area contributed by atoms with E-state index in [0.29, 0.717) is 21.1 Å². The van der Waals surface area contributed by atoms with Gasteiger partial charge >= 0.3 is 0 Å². The Kier molecular flexibility index (Phi) is 4.53. The van der Waals surface area contributed by atoms with Gasteiger partial charge in [-0.2, -0.15) is 0 Å². The molecule has 1 aromatic carbocycles. The van der Waals surface area contributed by atoms with E-state index in [1.807, 2.05) is 0 Å². The number of H-pyrrole nitrogens is 1. The number of aromatic nitrogens is 2. The van der Waals surface area contributed by atoms with Gasteiger partial charge in [0.05, 0.1) is 27.2 Å². The first kappa shape index (κ1) is 15.5. The van der Waals surface area contributed by atoms with Crippen molar-refractivity contribution in [2.24, 2.45) is 0 Å². The first-order valence-corrected chi connectivity index (χ1v) is 6.63. The Morgan fingerprint density at radius 1 is 1.05 bits per heavy atom. The zero-order chi connectivity index (χ0) is 15.0. The van der Waals surface area contributed by atoms with Crippen molar-refractivity contribution in [3.8, 4) is 0 Å². The molecule has 2 aromatic rings. The van der Waals surface area contributed by atoms with Gasteiger partial charge in [0.1, 0.15) is 24.1 Å². The Bertz CT molecular complexity index is 578. The number of aliphatic hydroxyl groups is 4. The Labute approximate surface area is 124 Å². The van der Waals surface area contributed by atoms with Gasteiger partial charge in [0.2, 0.25) is 0 Å². The van der Waals surface area contributed by atoms with Crippen molar-refractivity contribution in [1.82, 2.24) is 9.97 Å². The van der Waals surface area contributed by atoms with Crippen molar-refractivity contribution in [2.45, 2.75) is 31.3 Å². The second kappa shape index (κ2) is 5.85. The molecule has 0 spiro atoms. The second-order valence-electron chi connectivity index (χ2n) is 4.57. The van der Waals surface area contributed by atoms with E-state index in [1.54, 1.807) is 6.07 Å². The molecule has 0 aliphatic carbocycles. The normalized spacial score (nSPS) is 17.9. The van der Waals surface area contributed by atoms with E-state index in [-0.39, 0.29) is 5.82 Å². The minimum Gasteiger partial charge on any atom is -0.391 e. The minimum absolute atomic E-state index is 0.0468. The maximum absolute atomic E-state index is 9.97. The van der Waals surface area contributed by atoms with Crippen LogP contribution in [-0.4, -0.2) is 48.7 Å². The summed E-state index contributed by atoms with van der Waals surface area (Å²) in [7, 11) is 0. The van der Waals surface area contributed by atoms with Crippen molar-refractivity contribution in [1.29, 1.82) is 0 Å². The van der Waals surface area contributed by atoms with E-state index < -0.39 is 24.4 Å². The summed E-state index contributed by atoms with van der Waals surface area (Å²) >= 11 is 11.7. The van der Waals surface area contributed by atoms with Crippen LogP contribution in [-0.2, 0) is 0 Å². The zero-order valence-corrected chi connectivity index (χ0v) is 12.0. The molecule has 0 fully saturated rings. The summed E-state index contributed by atoms with van der Waals surface area (Å²) in [6, 6.07) is 3.06. The number of rotatable bonds is 4. The van der Waals surface area contributed by atoms with Crippen LogP contribution in [0.15, 0.2) is 12.1 Å². The Morgan fingerprint density at radius 2 is 1.65 bits per heavy atom. The maximum atomic E-state index is 9.97. The van der Waals surface area contributed by atoms with Gasteiger partial charge in [-0.3, -0.25) is 0 Å². The third-order valence-electron chi connectivity index (χ3n) is 2.99. The minimum atomic E-state index is -1.58. The highest BCUT2D eigenvalue weighted by molar-refractivity contribution is 6.42. The van der Waals surface area contributed by atoms with Crippen LogP contribution in [0.2, 0.25) is 10.0 Å². The van der Waals surface area contributed by atoms with Gasteiger partial charge in [0, 0.05) is 0 Å². The lowest BCUT2D eigenvalue weighted by atomic mass is 10.0. The number of hydrogen-bond acceptors (Lipinski definition) is 5. The van der Waals surface area contributed by atoms with Gasteiger partial charge < -0.3 is 25.4 Å². The van der Waals surface area contributed by atoms with Gasteiger partial charge in [-0.25, -0.2) is 4.98 Å². The fourth-order valence-electron chi connectivity index (χ4n) is 1.80.